The number of nitrogens with zero attached hydrogens (tertiary/aromatic N) is 2. The number of anilines is 1. The van der Waals surface area contributed by atoms with Gasteiger partial charge in [0.1, 0.15) is 5.82 Å². The van der Waals surface area contributed by atoms with Crippen molar-refractivity contribution in [2.75, 3.05) is 24.5 Å². The fraction of sp³-hybridized carbons (Fsp3) is 0.312. The molecule has 1 atom stereocenters. The molecule has 1 fully saturated rings. The van der Waals surface area contributed by atoms with Crippen LogP contribution in [-0.4, -0.2) is 24.6 Å². The highest BCUT2D eigenvalue weighted by Gasteiger charge is 2.30. The van der Waals surface area contributed by atoms with Gasteiger partial charge < -0.3 is 10.2 Å². The second-order valence-corrected chi connectivity index (χ2v) is 5.28. The number of benzene rings is 1. The molecule has 1 aromatic heterocycles. The van der Waals surface area contributed by atoms with Crippen LogP contribution in [0, 0.1) is 0 Å². The quantitative estimate of drug-likeness (QED) is 0.807. The van der Waals surface area contributed by atoms with Crippen LogP contribution in [0.4, 0.5) is 5.82 Å². The van der Waals surface area contributed by atoms with Gasteiger partial charge in [-0.1, -0.05) is 30.3 Å². The smallest absolute Gasteiger partial charge is 0.132 e. The molecule has 1 aromatic carbocycles. The minimum Gasteiger partial charge on any atom is -0.347 e. The zero-order valence-corrected chi connectivity index (χ0v) is 12.1. The molecule has 104 valence electrons. The van der Waals surface area contributed by atoms with Crippen LogP contribution in [0.5, 0.6) is 0 Å². The molecule has 1 saturated heterocycles. The Balaban J connectivity index is 0.00000121. The molecule has 0 amide bonds. The molecule has 1 N–H and O–H groups in total. The lowest BCUT2D eigenvalue weighted by molar-refractivity contribution is 0.487. The molecule has 0 saturated carbocycles. The number of halogens is 1. The normalized spacial score (nSPS) is 20.0. The summed E-state index contributed by atoms with van der Waals surface area (Å²) >= 11 is 0. The number of pyridine rings is 1. The first-order chi connectivity index (χ1) is 9.43. The summed E-state index contributed by atoms with van der Waals surface area (Å²) in [4.78, 5) is 7.11. The van der Waals surface area contributed by atoms with E-state index in [4.69, 9.17) is 0 Å². The Kier molecular flexibility index (Phi) is 3.64. The fourth-order valence-electron chi connectivity index (χ4n) is 3.29. The van der Waals surface area contributed by atoms with Crippen molar-refractivity contribution in [3.63, 3.8) is 0 Å². The molecular weight excluding hydrogens is 270 g/mol. The van der Waals surface area contributed by atoms with Gasteiger partial charge in [0.25, 0.3) is 0 Å². The van der Waals surface area contributed by atoms with Crippen molar-refractivity contribution in [1.82, 2.24) is 10.3 Å². The Labute approximate surface area is 125 Å². The summed E-state index contributed by atoms with van der Waals surface area (Å²) < 4.78 is 0. The first kappa shape index (κ1) is 13.4. The molecule has 0 bridgehead atoms. The molecule has 4 rings (SSSR count). The van der Waals surface area contributed by atoms with E-state index >= 15 is 0 Å². The standard InChI is InChI=1S/C16H17N3.ClH/c1-2-6-14-12(4-1)10-13-5-3-7-18-16(13)19-9-8-17-11-15(14)19;/h1-7,15,17H,8-11H2;1H. The fourth-order valence-corrected chi connectivity index (χ4v) is 3.29. The summed E-state index contributed by atoms with van der Waals surface area (Å²) in [6, 6.07) is 13.5. The molecule has 0 spiro atoms. The van der Waals surface area contributed by atoms with Crippen LogP contribution in [0.25, 0.3) is 0 Å². The van der Waals surface area contributed by atoms with E-state index in [0.717, 1.165) is 26.1 Å². The maximum absolute atomic E-state index is 4.64. The van der Waals surface area contributed by atoms with Crippen molar-refractivity contribution in [3.8, 4) is 0 Å². The van der Waals surface area contributed by atoms with Crippen molar-refractivity contribution >= 4 is 18.2 Å². The van der Waals surface area contributed by atoms with Gasteiger partial charge in [-0.05, 0) is 22.8 Å². The molecule has 3 nitrogen and oxygen atoms in total. The Morgan fingerprint density at radius 2 is 1.95 bits per heavy atom. The average molecular weight is 288 g/mol. The van der Waals surface area contributed by atoms with Crippen molar-refractivity contribution < 1.29 is 0 Å². The van der Waals surface area contributed by atoms with Gasteiger partial charge in [-0.25, -0.2) is 4.98 Å². The van der Waals surface area contributed by atoms with Gasteiger partial charge >= 0.3 is 0 Å². The third-order valence-electron chi connectivity index (χ3n) is 4.18. The van der Waals surface area contributed by atoms with E-state index in [9.17, 15) is 0 Å². The van der Waals surface area contributed by atoms with E-state index in [1.54, 1.807) is 0 Å². The topological polar surface area (TPSA) is 28.2 Å². The van der Waals surface area contributed by atoms with Gasteiger partial charge in [0, 0.05) is 32.3 Å². The van der Waals surface area contributed by atoms with Gasteiger partial charge in [0.2, 0.25) is 0 Å². The van der Waals surface area contributed by atoms with Crippen LogP contribution in [0.2, 0.25) is 0 Å². The molecule has 0 radical (unpaired) electrons. The summed E-state index contributed by atoms with van der Waals surface area (Å²) in [6.45, 7) is 3.07. The van der Waals surface area contributed by atoms with Gasteiger partial charge in [-0.15, -0.1) is 12.4 Å². The van der Waals surface area contributed by atoms with Gasteiger partial charge in [0.15, 0.2) is 0 Å². The number of hydrogen-bond donors (Lipinski definition) is 1. The molecular formula is C16H18ClN3. The largest absolute Gasteiger partial charge is 0.347 e. The number of nitrogens with one attached hydrogen (secondary N) is 1. The molecule has 20 heavy (non-hydrogen) atoms. The van der Waals surface area contributed by atoms with Crippen LogP contribution >= 0.6 is 12.4 Å². The van der Waals surface area contributed by atoms with Crippen molar-refractivity contribution in [2.24, 2.45) is 0 Å². The first-order valence-corrected chi connectivity index (χ1v) is 6.92. The lowest BCUT2D eigenvalue weighted by Crippen LogP contribution is -2.46. The predicted octanol–water partition coefficient (Wildman–Crippen LogP) is 2.56. The number of rotatable bonds is 0. The molecule has 2 aromatic rings. The third-order valence-corrected chi connectivity index (χ3v) is 4.18. The molecule has 1 unspecified atom stereocenters. The zero-order valence-electron chi connectivity index (χ0n) is 11.2. The SMILES string of the molecule is Cl.c1ccc2c(c1)Cc1cccnc1N1CCNCC21. The second kappa shape index (κ2) is 5.43. The highest BCUT2D eigenvalue weighted by Crippen LogP contribution is 2.36. The highest BCUT2D eigenvalue weighted by atomic mass is 35.5. The minimum absolute atomic E-state index is 0. The average Bonchev–Trinajstić information content (AvgIpc) is 2.62. The molecule has 4 heteroatoms. The maximum Gasteiger partial charge on any atom is 0.132 e. The summed E-state index contributed by atoms with van der Waals surface area (Å²) in [6.07, 6.45) is 2.90. The van der Waals surface area contributed by atoms with Crippen LogP contribution in [-0.2, 0) is 6.42 Å². The third kappa shape index (κ3) is 2.07. The van der Waals surface area contributed by atoms with Crippen molar-refractivity contribution in [2.45, 2.75) is 12.5 Å². The minimum atomic E-state index is 0. The molecule has 3 heterocycles. The Morgan fingerprint density at radius 3 is 2.90 bits per heavy atom. The number of aromatic nitrogens is 1. The number of hydrogen-bond acceptors (Lipinski definition) is 3. The summed E-state index contributed by atoms with van der Waals surface area (Å²) in [5.41, 5.74) is 4.24. The van der Waals surface area contributed by atoms with E-state index in [-0.39, 0.29) is 12.4 Å². The lowest BCUT2D eigenvalue weighted by atomic mass is 9.96. The van der Waals surface area contributed by atoms with Crippen LogP contribution in [0.15, 0.2) is 42.6 Å². The maximum atomic E-state index is 4.64. The summed E-state index contributed by atoms with van der Waals surface area (Å²) in [5.74, 6) is 1.17. The number of fused-ring (bicyclic) bond motifs is 5. The van der Waals surface area contributed by atoms with E-state index in [0.29, 0.717) is 6.04 Å². The van der Waals surface area contributed by atoms with Crippen LogP contribution in [0.1, 0.15) is 22.7 Å². The summed E-state index contributed by atoms with van der Waals surface area (Å²) in [7, 11) is 0. The van der Waals surface area contributed by atoms with Crippen molar-refractivity contribution in [1.29, 1.82) is 0 Å². The van der Waals surface area contributed by atoms with Crippen LogP contribution in [0.3, 0.4) is 0 Å². The lowest BCUT2D eigenvalue weighted by Gasteiger charge is -2.37. The Bertz CT molecular complexity index is 561. The van der Waals surface area contributed by atoms with Gasteiger partial charge in [-0.3, -0.25) is 0 Å². The van der Waals surface area contributed by atoms with E-state index in [1.165, 1.54) is 22.5 Å². The van der Waals surface area contributed by atoms with E-state index in [1.807, 2.05) is 12.3 Å². The monoisotopic (exact) mass is 287 g/mol. The predicted molar refractivity (Wildman–Crippen MR) is 83.7 cm³/mol. The highest BCUT2D eigenvalue weighted by molar-refractivity contribution is 5.85. The zero-order chi connectivity index (χ0) is 12.7. The molecule has 2 aliphatic heterocycles. The van der Waals surface area contributed by atoms with Gasteiger partial charge in [0.05, 0.1) is 6.04 Å². The summed E-state index contributed by atoms with van der Waals surface area (Å²) in [5, 5.41) is 3.51. The van der Waals surface area contributed by atoms with E-state index < -0.39 is 0 Å². The van der Waals surface area contributed by atoms with Gasteiger partial charge in [-0.2, -0.15) is 0 Å². The Hall–Kier alpha value is -1.58. The number of piperazine rings is 1. The first-order valence-electron chi connectivity index (χ1n) is 6.92. The molecule has 0 aliphatic carbocycles. The van der Waals surface area contributed by atoms with Crippen LogP contribution < -0.4 is 10.2 Å². The van der Waals surface area contributed by atoms with E-state index in [2.05, 4.69) is 45.5 Å². The second-order valence-electron chi connectivity index (χ2n) is 5.28. The van der Waals surface area contributed by atoms with Crippen molar-refractivity contribution in [3.05, 3.63) is 59.3 Å². The molecule has 2 aliphatic rings. The Morgan fingerprint density at radius 1 is 1.10 bits per heavy atom.